The van der Waals surface area contributed by atoms with Crippen LogP contribution in [-0.4, -0.2) is 42.6 Å². The van der Waals surface area contributed by atoms with E-state index in [0.29, 0.717) is 12.1 Å². The Morgan fingerprint density at radius 3 is 2.21 bits per heavy atom. The van der Waals surface area contributed by atoms with Gasteiger partial charge in [0, 0.05) is 14.1 Å². The molecule has 0 saturated heterocycles. The molecule has 1 amide bonds. The van der Waals surface area contributed by atoms with Gasteiger partial charge >= 0.3 is 5.97 Å². The summed E-state index contributed by atoms with van der Waals surface area (Å²) in [5, 5.41) is 8.61. The van der Waals surface area contributed by atoms with E-state index < -0.39 is 28.9 Å². The number of amides is 1. The van der Waals surface area contributed by atoms with Crippen LogP contribution in [0.4, 0.5) is 8.78 Å². The first-order valence-corrected chi connectivity index (χ1v) is 5.38. The van der Waals surface area contributed by atoms with Crippen LogP contribution in [0.3, 0.4) is 0 Å². The molecule has 1 N–H and O–H groups in total. The number of benzene rings is 1. The standard InChI is InChI=1S/C12H13F2NO4/c1-15(2)10(16)3-4-19-11-8(13)5-7(12(17)18)6-9(11)14/h5-6H,3-4H2,1-2H3,(H,17,18). The van der Waals surface area contributed by atoms with Gasteiger partial charge in [-0.2, -0.15) is 0 Å². The van der Waals surface area contributed by atoms with Crippen molar-refractivity contribution in [2.75, 3.05) is 20.7 Å². The molecule has 104 valence electrons. The van der Waals surface area contributed by atoms with Gasteiger partial charge in [-0.1, -0.05) is 0 Å². The van der Waals surface area contributed by atoms with Crippen molar-refractivity contribution in [2.24, 2.45) is 0 Å². The van der Waals surface area contributed by atoms with Crippen molar-refractivity contribution >= 4 is 11.9 Å². The highest BCUT2D eigenvalue weighted by molar-refractivity contribution is 5.87. The van der Waals surface area contributed by atoms with Gasteiger partial charge in [0.05, 0.1) is 18.6 Å². The second-order valence-corrected chi connectivity index (χ2v) is 3.96. The topological polar surface area (TPSA) is 66.8 Å². The highest BCUT2D eigenvalue weighted by Crippen LogP contribution is 2.23. The normalized spacial score (nSPS) is 10.1. The van der Waals surface area contributed by atoms with Crippen molar-refractivity contribution < 1.29 is 28.2 Å². The molecule has 0 saturated carbocycles. The molecule has 0 fully saturated rings. The minimum absolute atomic E-state index is 0.0352. The zero-order valence-electron chi connectivity index (χ0n) is 10.4. The van der Waals surface area contributed by atoms with Gasteiger partial charge in [-0.25, -0.2) is 13.6 Å². The van der Waals surface area contributed by atoms with Gasteiger partial charge in [-0.05, 0) is 12.1 Å². The summed E-state index contributed by atoms with van der Waals surface area (Å²) in [7, 11) is 3.09. The van der Waals surface area contributed by atoms with E-state index in [0.717, 1.165) is 0 Å². The highest BCUT2D eigenvalue weighted by atomic mass is 19.1. The van der Waals surface area contributed by atoms with Crippen LogP contribution in [0.1, 0.15) is 16.8 Å². The summed E-state index contributed by atoms with van der Waals surface area (Å²) in [5.41, 5.74) is -0.508. The van der Waals surface area contributed by atoms with Crippen LogP contribution in [0.2, 0.25) is 0 Å². The molecular weight excluding hydrogens is 260 g/mol. The molecular formula is C12H13F2NO4. The van der Waals surface area contributed by atoms with E-state index in [1.165, 1.54) is 4.90 Å². The monoisotopic (exact) mass is 273 g/mol. The minimum atomic E-state index is -1.44. The zero-order chi connectivity index (χ0) is 14.6. The molecule has 0 unspecified atom stereocenters. The predicted octanol–water partition coefficient (Wildman–Crippen LogP) is 1.52. The summed E-state index contributed by atoms with van der Waals surface area (Å²) >= 11 is 0. The third-order valence-corrected chi connectivity index (χ3v) is 2.31. The lowest BCUT2D eigenvalue weighted by Crippen LogP contribution is -2.23. The first kappa shape index (κ1) is 14.9. The van der Waals surface area contributed by atoms with Crippen LogP contribution in [0.25, 0.3) is 0 Å². The molecule has 0 bridgehead atoms. The van der Waals surface area contributed by atoms with Crippen LogP contribution in [0.15, 0.2) is 12.1 Å². The SMILES string of the molecule is CN(C)C(=O)CCOc1c(F)cc(C(=O)O)cc1F. The van der Waals surface area contributed by atoms with E-state index in [1.54, 1.807) is 14.1 Å². The number of carbonyl (C=O) groups excluding carboxylic acids is 1. The number of ether oxygens (including phenoxy) is 1. The van der Waals surface area contributed by atoms with Crippen LogP contribution >= 0.6 is 0 Å². The molecule has 0 aliphatic rings. The number of carboxylic acid groups (broad SMARTS) is 1. The van der Waals surface area contributed by atoms with Gasteiger partial charge in [0.25, 0.3) is 0 Å². The molecule has 0 radical (unpaired) electrons. The molecule has 1 rings (SSSR count). The molecule has 0 aliphatic carbocycles. The smallest absolute Gasteiger partial charge is 0.335 e. The van der Waals surface area contributed by atoms with Crippen LogP contribution in [0.5, 0.6) is 5.75 Å². The van der Waals surface area contributed by atoms with Crippen molar-refractivity contribution in [3.63, 3.8) is 0 Å². The summed E-state index contributed by atoms with van der Waals surface area (Å²) in [5.74, 6) is -4.60. The molecule has 1 aromatic rings. The first-order chi connectivity index (χ1) is 8.82. The Morgan fingerprint density at radius 2 is 1.79 bits per heavy atom. The Balaban J connectivity index is 2.74. The second kappa shape index (κ2) is 6.12. The number of hydrogen-bond acceptors (Lipinski definition) is 3. The third kappa shape index (κ3) is 3.90. The molecule has 0 heterocycles. The molecule has 0 atom stereocenters. The second-order valence-electron chi connectivity index (χ2n) is 3.96. The molecule has 1 aromatic carbocycles. The zero-order valence-corrected chi connectivity index (χ0v) is 10.4. The van der Waals surface area contributed by atoms with Crippen LogP contribution in [-0.2, 0) is 4.79 Å². The maximum atomic E-state index is 13.4. The van der Waals surface area contributed by atoms with Crippen molar-refractivity contribution in [3.05, 3.63) is 29.3 Å². The molecule has 19 heavy (non-hydrogen) atoms. The van der Waals surface area contributed by atoms with E-state index >= 15 is 0 Å². The van der Waals surface area contributed by atoms with Crippen molar-refractivity contribution in [1.82, 2.24) is 4.90 Å². The summed E-state index contributed by atoms with van der Waals surface area (Å²) in [4.78, 5) is 23.1. The molecule has 0 spiro atoms. The van der Waals surface area contributed by atoms with Gasteiger partial charge in [0.15, 0.2) is 17.4 Å². The predicted molar refractivity (Wildman–Crippen MR) is 62.1 cm³/mol. The van der Waals surface area contributed by atoms with Gasteiger partial charge in [-0.3, -0.25) is 4.79 Å². The summed E-state index contributed by atoms with van der Waals surface area (Å²) in [6, 6.07) is 1.32. The van der Waals surface area contributed by atoms with Crippen LogP contribution in [0, 0.1) is 11.6 Å². The lowest BCUT2D eigenvalue weighted by atomic mass is 10.2. The lowest BCUT2D eigenvalue weighted by Gasteiger charge is -2.12. The fourth-order valence-corrected chi connectivity index (χ4v) is 1.29. The number of hydrogen-bond donors (Lipinski definition) is 1. The summed E-state index contributed by atoms with van der Waals surface area (Å²) in [6.45, 7) is -0.197. The maximum absolute atomic E-state index is 13.4. The molecule has 7 heteroatoms. The van der Waals surface area contributed by atoms with Crippen molar-refractivity contribution in [2.45, 2.75) is 6.42 Å². The lowest BCUT2D eigenvalue weighted by molar-refractivity contribution is -0.129. The van der Waals surface area contributed by atoms with Gasteiger partial charge in [0.2, 0.25) is 5.91 Å². The molecule has 0 aromatic heterocycles. The van der Waals surface area contributed by atoms with Crippen LogP contribution < -0.4 is 4.74 Å². The van der Waals surface area contributed by atoms with Gasteiger partial charge in [-0.15, -0.1) is 0 Å². The average molecular weight is 273 g/mol. The quantitative estimate of drug-likeness (QED) is 0.883. The minimum Gasteiger partial charge on any atom is -0.487 e. The van der Waals surface area contributed by atoms with E-state index in [2.05, 4.69) is 0 Å². The Kier molecular flexibility index (Phi) is 4.80. The number of carbonyl (C=O) groups is 2. The maximum Gasteiger partial charge on any atom is 0.335 e. The summed E-state index contributed by atoms with van der Waals surface area (Å²) < 4.78 is 31.7. The van der Waals surface area contributed by atoms with E-state index in [1.807, 2.05) is 0 Å². The molecule has 0 aliphatic heterocycles. The third-order valence-electron chi connectivity index (χ3n) is 2.31. The van der Waals surface area contributed by atoms with Gasteiger partial charge in [0.1, 0.15) is 0 Å². The van der Waals surface area contributed by atoms with Crippen molar-refractivity contribution in [1.29, 1.82) is 0 Å². The average Bonchev–Trinajstić information content (AvgIpc) is 2.31. The fourth-order valence-electron chi connectivity index (χ4n) is 1.29. The fraction of sp³-hybridized carbons (Fsp3) is 0.333. The largest absolute Gasteiger partial charge is 0.487 e. The van der Waals surface area contributed by atoms with Gasteiger partial charge < -0.3 is 14.7 Å². The number of rotatable bonds is 5. The van der Waals surface area contributed by atoms with E-state index in [4.69, 9.17) is 9.84 Å². The van der Waals surface area contributed by atoms with E-state index in [-0.39, 0.29) is 18.9 Å². The number of carboxylic acids is 1. The Labute approximate surface area is 108 Å². The Morgan fingerprint density at radius 1 is 1.26 bits per heavy atom. The van der Waals surface area contributed by atoms with E-state index in [9.17, 15) is 18.4 Å². The Bertz CT molecular complexity index is 479. The number of aromatic carboxylic acids is 1. The summed E-state index contributed by atoms with van der Waals surface area (Å²) in [6.07, 6.45) is -0.0352. The highest BCUT2D eigenvalue weighted by Gasteiger charge is 2.16. The number of nitrogens with zero attached hydrogens (tertiary/aromatic N) is 1. The first-order valence-electron chi connectivity index (χ1n) is 5.38. The molecule has 5 nitrogen and oxygen atoms in total. The Hall–Kier alpha value is -2.18. The number of halogens is 2. The van der Waals surface area contributed by atoms with Crippen molar-refractivity contribution in [3.8, 4) is 5.75 Å².